The number of hydrogen-bond donors (Lipinski definition) is 1. The van der Waals surface area contributed by atoms with Crippen molar-refractivity contribution in [2.45, 2.75) is 31.2 Å². The van der Waals surface area contributed by atoms with Gasteiger partial charge in [-0.1, -0.05) is 35.9 Å². The quantitative estimate of drug-likeness (QED) is 0.650. The highest BCUT2D eigenvalue weighted by Gasteiger charge is 2.53. The number of hydrogen-bond acceptors (Lipinski definition) is 3. The first kappa shape index (κ1) is 17.7. The number of aryl methyl sites for hydroxylation is 1. The van der Waals surface area contributed by atoms with E-state index in [1.807, 2.05) is 24.3 Å². The molecule has 2 aliphatic rings. The van der Waals surface area contributed by atoms with Crippen LogP contribution in [0.3, 0.4) is 0 Å². The molecule has 1 heterocycles. The Morgan fingerprint density at radius 3 is 2.59 bits per heavy atom. The zero-order chi connectivity index (χ0) is 19.0. The average Bonchev–Trinajstić information content (AvgIpc) is 2.82. The lowest BCUT2D eigenvalue weighted by Crippen LogP contribution is -2.44. The molecular formula is C21H19ClN2O3. The second-order valence-corrected chi connectivity index (χ2v) is 7.46. The first-order chi connectivity index (χ1) is 13.0. The van der Waals surface area contributed by atoms with Gasteiger partial charge >= 0.3 is 6.03 Å². The number of amides is 3. The van der Waals surface area contributed by atoms with Gasteiger partial charge in [-0.05, 0) is 61.1 Å². The molecule has 3 amide bonds. The number of ketones is 1. The van der Waals surface area contributed by atoms with Crippen molar-refractivity contribution in [1.82, 2.24) is 10.2 Å². The molecule has 138 valence electrons. The highest BCUT2D eigenvalue weighted by atomic mass is 35.5. The number of halogens is 1. The SMILES string of the molecule is O=C(CN1C(=O)NC2(CCCCc3ccccc32)C1=O)c1ccc(Cl)cc1. The summed E-state index contributed by atoms with van der Waals surface area (Å²) in [7, 11) is 0. The molecule has 2 aromatic carbocycles. The van der Waals surface area contributed by atoms with E-state index in [-0.39, 0.29) is 18.2 Å². The number of carbonyl (C=O) groups excluding carboxylic acids is 3. The maximum Gasteiger partial charge on any atom is 0.325 e. The lowest BCUT2D eigenvalue weighted by Gasteiger charge is -2.27. The Morgan fingerprint density at radius 2 is 1.81 bits per heavy atom. The van der Waals surface area contributed by atoms with Crippen molar-refractivity contribution >= 4 is 29.3 Å². The van der Waals surface area contributed by atoms with E-state index in [0.29, 0.717) is 17.0 Å². The number of carbonyl (C=O) groups is 3. The Morgan fingerprint density at radius 1 is 1.07 bits per heavy atom. The van der Waals surface area contributed by atoms with Crippen molar-refractivity contribution < 1.29 is 14.4 Å². The largest absolute Gasteiger partial charge is 0.325 e. The Balaban J connectivity index is 1.64. The van der Waals surface area contributed by atoms with Gasteiger partial charge in [0.15, 0.2) is 5.78 Å². The smallest absolute Gasteiger partial charge is 0.319 e. The summed E-state index contributed by atoms with van der Waals surface area (Å²) < 4.78 is 0. The van der Waals surface area contributed by atoms with Gasteiger partial charge in [-0.2, -0.15) is 0 Å². The van der Waals surface area contributed by atoms with E-state index in [4.69, 9.17) is 11.6 Å². The molecule has 1 atom stereocenters. The fourth-order valence-corrected chi connectivity index (χ4v) is 4.11. The lowest BCUT2D eigenvalue weighted by molar-refractivity contribution is -0.131. The maximum atomic E-state index is 13.3. The van der Waals surface area contributed by atoms with Crippen molar-refractivity contribution in [3.05, 3.63) is 70.2 Å². The number of fused-ring (bicyclic) bond motifs is 2. The first-order valence-electron chi connectivity index (χ1n) is 9.02. The normalized spacial score (nSPS) is 21.7. The summed E-state index contributed by atoms with van der Waals surface area (Å²) in [5.41, 5.74) is 1.28. The van der Waals surface area contributed by atoms with Crippen molar-refractivity contribution in [3.8, 4) is 0 Å². The number of imide groups is 1. The Labute approximate surface area is 162 Å². The van der Waals surface area contributed by atoms with Crippen LogP contribution in [0.25, 0.3) is 0 Å². The fourth-order valence-electron chi connectivity index (χ4n) is 3.99. The molecule has 1 fully saturated rings. The van der Waals surface area contributed by atoms with Crippen molar-refractivity contribution in [2.75, 3.05) is 6.54 Å². The molecule has 5 nitrogen and oxygen atoms in total. The minimum atomic E-state index is -1.07. The summed E-state index contributed by atoms with van der Waals surface area (Å²) in [5.74, 6) is -0.640. The van der Waals surface area contributed by atoms with Crippen molar-refractivity contribution in [2.24, 2.45) is 0 Å². The predicted octanol–water partition coefficient (Wildman–Crippen LogP) is 3.70. The van der Waals surface area contributed by atoms with Crippen LogP contribution in [-0.2, 0) is 16.8 Å². The highest BCUT2D eigenvalue weighted by molar-refractivity contribution is 6.30. The number of rotatable bonds is 3. The molecule has 0 aromatic heterocycles. The monoisotopic (exact) mass is 382 g/mol. The second kappa shape index (κ2) is 6.82. The van der Waals surface area contributed by atoms with E-state index in [1.165, 1.54) is 0 Å². The van der Waals surface area contributed by atoms with Gasteiger partial charge in [-0.25, -0.2) is 4.79 Å². The number of Topliss-reactive ketones (excluding diaryl/α,β-unsaturated/α-hetero) is 1. The van der Waals surface area contributed by atoms with Gasteiger partial charge in [-0.3, -0.25) is 14.5 Å². The average molecular weight is 383 g/mol. The summed E-state index contributed by atoms with van der Waals surface area (Å²) in [6.45, 7) is -0.282. The van der Waals surface area contributed by atoms with Crippen molar-refractivity contribution in [1.29, 1.82) is 0 Å². The van der Waals surface area contributed by atoms with Crippen molar-refractivity contribution in [3.63, 3.8) is 0 Å². The summed E-state index contributed by atoms with van der Waals surface area (Å²) in [6.07, 6.45) is 3.22. The lowest BCUT2D eigenvalue weighted by atomic mass is 9.84. The molecule has 0 radical (unpaired) electrons. The van der Waals surface area contributed by atoms with Gasteiger partial charge in [0, 0.05) is 10.6 Å². The molecule has 1 N–H and O–H groups in total. The Hall–Kier alpha value is -2.66. The number of nitrogens with one attached hydrogen (secondary N) is 1. The molecule has 4 rings (SSSR count). The standard InChI is InChI=1S/C21H19ClN2O3/c22-16-10-8-15(9-11-16)18(25)13-24-19(26)21(23-20(24)27)12-4-3-6-14-5-1-2-7-17(14)21/h1-2,5,7-11H,3-4,6,12-13H2,(H,23,27). The molecule has 2 aromatic rings. The Kier molecular flexibility index (Phi) is 4.48. The topological polar surface area (TPSA) is 66.5 Å². The molecule has 0 saturated carbocycles. The van der Waals surface area contributed by atoms with E-state index < -0.39 is 11.6 Å². The van der Waals surface area contributed by atoms with E-state index in [2.05, 4.69) is 5.32 Å². The third kappa shape index (κ3) is 3.02. The minimum absolute atomic E-state index is 0.282. The minimum Gasteiger partial charge on any atom is -0.319 e. The number of benzene rings is 2. The van der Waals surface area contributed by atoms with Crippen LogP contribution in [-0.4, -0.2) is 29.2 Å². The van der Waals surface area contributed by atoms with E-state index in [1.54, 1.807) is 24.3 Å². The van der Waals surface area contributed by atoms with Crippen LogP contribution in [0.15, 0.2) is 48.5 Å². The van der Waals surface area contributed by atoms with Crippen LogP contribution in [0.2, 0.25) is 5.02 Å². The zero-order valence-electron chi connectivity index (χ0n) is 14.7. The molecular weight excluding hydrogens is 364 g/mol. The summed E-state index contributed by atoms with van der Waals surface area (Å²) in [5, 5.41) is 3.42. The summed E-state index contributed by atoms with van der Waals surface area (Å²) in [4.78, 5) is 39.5. The Bertz CT molecular complexity index is 925. The molecule has 27 heavy (non-hydrogen) atoms. The fraction of sp³-hybridized carbons (Fsp3) is 0.286. The molecule has 1 aliphatic carbocycles. The molecule has 1 saturated heterocycles. The zero-order valence-corrected chi connectivity index (χ0v) is 15.5. The molecule has 1 unspecified atom stereocenters. The second-order valence-electron chi connectivity index (χ2n) is 7.02. The van der Waals surface area contributed by atoms with Gasteiger partial charge in [0.1, 0.15) is 5.54 Å². The van der Waals surface area contributed by atoms with Gasteiger partial charge in [-0.15, -0.1) is 0 Å². The highest BCUT2D eigenvalue weighted by Crippen LogP contribution is 2.39. The van der Waals surface area contributed by atoms with E-state index >= 15 is 0 Å². The van der Waals surface area contributed by atoms with Crippen LogP contribution in [0.5, 0.6) is 0 Å². The van der Waals surface area contributed by atoms with Crippen LogP contribution < -0.4 is 5.32 Å². The van der Waals surface area contributed by atoms with E-state index in [0.717, 1.165) is 35.3 Å². The van der Waals surface area contributed by atoms with Crippen LogP contribution in [0.4, 0.5) is 4.79 Å². The third-order valence-electron chi connectivity index (χ3n) is 5.37. The molecule has 1 spiro atoms. The molecule has 6 heteroatoms. The van der Waals surface area contributed by atoms with E-state index in [9.17, 15) is 14.4 Å². The third-order valence-corrected chi connectivity index (χ3v) is 5.62. The number of nitrogens with zero attached hydrogens (tertiary/aromatic N) is 1. The van der Waals surface area contributed by atoms with Gasteiger partial charge < -0.3 is 5.32 Å². The molecule has 0 bridgehead atoms. The van der Waals surface area contributed by atoms with Crippen LogP contribution in [0, 0.1) is 0 Å². The number of urea groups is 1. The van der Waals surface area contributed by atoms with Gasteiger partial charge in [0.2, 0.25) is 0 Å². The summed E-state index contributed by atoms with van der Waals surface area (Å²) in [6, 6.07) is 13.6. The summed E-state index contributed by atoms with van der Waals surface area (Å²) >= 11 is 5.85. The van der Waals surface area contributed by atoms with Gasteiger partial charge in [0.05, 0.1) is 6.54 Å². The van der Waals surface area contributed by atoms with Crippen LogP contribution in [0.1, 0.15) is 40.7 Å². The van der Waals surface area contributed by atoms with Gasteiger partial charge in [0.25, 0.3) is 5.91 Å². The maximum absolute atomic E-state index is 13.3. The predicted molar refractivity (Wildman–Crippen MR) is 102 cm³/mol. The first-order valence-corrected chi connectivity index (χ1v) is 9.40. The van der Waals surface area contributed by atoms with Crippen LogP contribution >= 0.6 is 11.6 Å². The molecule has 1 aliphatic heterocycles.